The fourth-order valence-corrected chi connectivity index (χ4v) is 2.69. The summed E-state index contributed by atoms with van der Waals surface area (Å²) in [4.78, 5) is 2.37. The van der Waals surface area contributed by atoms with Crippen LogP contribution in [0.5, 0.6) is 0 Å². The summed E-state index contributed by atoms with van der Waals surface area (Å²) >= 11 is 0. The summed E-state index contributed by atoms with van der Waals surface area (Å²) in [5.41, 5.74) is 2.79. The molecule has 100 valence electrons. The van der Waals surface area contributed by atoms with Gasteiger partial charge in [0.2, 0.25) is 0 Å². The van der Waals surface area contributed by atoms with Gasteiger partial charge >= 0.3 is 0 Å². The molecule has 1 atom stereocenters. The number of nitrogens with one attached hydrogen (secondary N) is 1. The molecule has 2 nitrogen and oxygen atoms in total. The molecule has 18 heavy (non-hydrogen) atoms. The highest BCUT2D eigenvalue weighted by molar-refractivity contribution is 5.46. The normalized spacial score (nSPS) is 19.1. The SMILES string of the molecule is CCCc1ccc(N(C)CCC2CCCN2)cc1. The molecule has 1 N–H and O–H groups in total. The maximum Gasteiger partial charge on any atom is 0.0363 e. The van der Waals surface area contributed by atoms with Gasteiger partial charge in [0.1, 0.15) is 0 Å². The molecule has 0 aromatic heterocycles. The van der Waals surface area contributed by atoms with Crippen LogP contribution in [0.25, 0.3) is 0 Å². The van der Waals surface area contributed by atoms with Crippen LogP contribution in [0.2, 0.25) is 0 Å². The number of hydrogen-bond donors (Lipinski definition) is 1. The van der Waals surface area contributed by atoms with Gasteiger partial charge in [-0.2, -0.15) is 0 Å². The molecule has 1 heterocycles. The lowest BCUT2D eigenvalue weighted by molar-refractivity contribution is 0.559. The van der Waals surface area contributed by atoms with Gasteiger partial charge in [-0.25, -0.2) is 0 Å². The second-order valence-electron chi connectivity index (χ2n) is 5.42. The van der Waals surface area contributed by atoms with Crippen LogP contribution in [0.1, 0.15) is 38.2 Å². The Balaban J connectivity index is 1.81. The molecule has 1 aliphatic rings. The Morgan fingerprint density at radius 1 is 1.28 bits per heavy atom. The Bertz CT molecular complexity index is 339. The molecular formula is C16H26N2. The minimum absolute atomic E-state index is 0.742. The van der Waals surface area contributed by atoms with Crippen molar-refractivity contribution >= 4 is 5.69 Å². The second kappa shape index (κ2) is 6.79. The molecule has 0 aliphatic carbocycles. The lowest BCUT2D eigenvalue weighted by Crippen LogP contribution is -2.28. The Kier molecular flexibility index (Phi) is 5.06. The van der Waals surface area contributed by atoms with Crippen molar-refractivity contribution in [2.45, 2.75) is 45.1 Å². The number of hydrogen-bond acceptors (Lipinski definition) is 2. The van der Waals surface area contributed by atoms with Crippen molar-refractivity contribution in [2.24, 2.45) is 0 Å². The van der Waals surface area contributed by atoms with Gasteiger partial charge in [0.15, 0.2) is 0 Å². The summed E-state index contributed by atoms with van der Waals surface area (Å²) < 4.78 is 0. The maximum atomic E-state index is 3.56. The fourth-order valence-electron chi connectivity index (χ4n) is 2.69. The van der Waals surface area contributed by atoms with E-state index in [2.05, 4.69) is 48.5 Å². The minimum Gasteiger partial charge on any atom is -0.375 e. The van der Waals surface area contributed by atoms with Crippen molar-refractivity contribution in [3.8, 4) is 0 Å². The van der Waals surface area contributed by atoms with Gasteiger partial charge in [-0.3, -0.25) is 0 Å². The third-order valence-electron chi connectivity index (χ3n) is 3.89. The number of nitrogens with zero attached hydrogens (tertiary/aromatic N) is 1. The summed E-state index contributed by atoms with van der Waals surface area (Å²) in [5.74, 6) is 0. The first-order chi connectivity index (χ1) is 8.79. The van der Waals surface area contributed by atoms with Crippen LogP contribution >= 0.6 is 0 Å². The summed E-state index contributed by atoms with van der Waals surface area (Å²) in [6.45, 7) is 4.58. The lowest BCUT2D eigenvalue weighted by Gasteiger charge is -2.21. The molecule has 2 rings (SSSR count). The van der Waals surface area contributed by atoms with Gasteiger partial charge in [-0.15, -0.1) is 0 Å². The van der Waals surface area contributed by atoms with Crippen LogP contribution in [0.15, 0.2) is 24.3 Å². The second-order valence-corrected chi connectivity index (χ2v) is 5.42. The molecule has 1 saturated heterocycles. The molecule has 0 saturated carbocycles. The first-order valence-corrected chi connectivity index (χ1v) is 7.33. The van der Waals surface area contributed by atoms with E-state index in [1.807, 2.05) is 0 Å². The standard InChI is InChI=1S/C16H26N2/c1-3-5-14-7-9-16(10-8-14)18(2)13-11-15-6-4-12-17-15/h7-10,15,17H,3-6,11-13H2,1-2H3. The van der Waals surface area contributed by atoms with Crippen molar-refractivity contribution in [1.82, 2.24) is 5.32 Å². The van der Waals surface area contributed by atoms with Gasteiger partial charge in [-0.05, 0) is 49.9 Å². The predicted molar refractivity (Wildman–Crippen MR) is 79.3 cm³/mol. The smallest absolute Gasteiger partial charge is 0.0363 e. The third kappa shape index (κ3) is 3.74. The van der Waals surface area contributed by atoms with Crippen LogP contribution in [-0.4, -0.2) is 26.2 Å². The Labute approximate surface area is 111 Å². The van der Waals surface area contributed by atoms with Crippen molar-refractivity contribution in [3.63, 3.8) is 0 Å². The third-order valence-corrected chi connectivity index (χ3v) is 3.89. The molecule has 1 fully saturated rings. The zero-order valence-electron chi connectivity index (χ0n) is 11.8. The summed E-state index contributed by atoms with van der Waals surface area (Å²) in [7, 11) is 2.20. The molecule has 1 aromatic carbocycles. The van der Waals surface area contributed by atoms with E-state index in [1.165, 1.54) is 49.9 Å². The van der Waals surface area contributed by atoms with E-state index in [4.69, 9.17) is 0 Å². The molecule has 0 radical (unpaired) electrons. The first-order valence-electron chi connectivity index (χ1n) is 7.33. The molecule has 0 amide bonds. The zero-order chi connectivity index (χ0) is 12.8. The molecule has 1 aliphatic heterocycles. The van der Waals surface area contributed by atoms with Gasteiger partial charge < -0.3 is 10.2 Å². The average Bonchev–Trinajstić information content (AvgIpc) is 2.90. The molecule has 1 aromatic rings. The van der Waals surface area contributed by atoms with E-state index in [1.54, 1.807) is 0 Å². The van der Waals surface area contributed by atoms with E-state index >= 15 is 0 Å². The first kappa shape index (κ1) is 13.4. The lowest BCUT2D eigenvalue weighted by atomic mass is 10.1. The minimum atomic E-state index is 0.742. The van der Waals surface area contributed by atoms with E-state index in [-0.39, 0.29) is 0 Å². The molecular weight excluding hydrogens is 220 g/mol. The Morgan fingerprint density at radius 3 is 2.67 bits per heavy atom. The summed E-state index contributed by atoms with van der Waals surface area (Å²) in [5, 5.41) is 3.56. The van der Waals surface area contributed by atoms with Crippen molar-refractivity contribution in [2.75, 3.05) is 25.0 Å². The molecule has 2 heteroatoms. The number of aryl methyl sites for hydroxylation is 1. The van der Waals surface area contributed by atoms with Crippen LogP contribution < -0.4 is 10.2 Å². The number of benzene rings is 1. The van der Waals surface area contributed by atoms with Crippen LogP contribution in [0.4, 0.5) is 5.69 Å². The highest BCUT2D eigenvalue weighted by atomic mass is 15.1. The summed E-state index contributed by atoms with van der Waals surface area (Å²) in [6.07, 6.45) is 6.37. The quantitative estimate of drug-likeness (QED) is 0.829. The monoisotopic (exact) mass is 246 g/mol. The number of rotatable bonds is 6. The van der Waals surface area contributed by atoms with Gasteiger partial charge in [0.25, 0.3) is 0 Å². The largest absolute Gasteiger partial charge is 0.375 e. The number of anilines is 1. The van der Waals surface area contributed by atoms with Crippen LogP contribution in [-0.2, 0) is 6.42 Å². The molecule has 1 unspecified atom stereocenters. The van der Waals surface area contributed by atoms with E-state index < -0.39 is 0 Å². The molecule has 0 bridgehead atoms. The van der Waals surface area contributed by atoms with Crippen LogP contribution in [0, 0.1) is 0 Å². The highest BCUT2D eigenvalue weighted by Crippen LogP contribution is 2.16. The molecule has 0 spiro atoms. The van der Waals surface area contributed by atoms with E-state index in [9.17, 15) is 0 Å². The fraction of sp³-hybridized carbons (Fsp3) is 0.625. The summed E-state index contributed by atoms with van der Waals surface area (Å²) in [6, 6.07) is 9.79. The van der Waals surface area contributed by atoms with Crippen molar-refractivity contribution < 1.29 is 0 Å². The van der Waals surface area contributed by atoms with Crippen molar-refractivity contribution in [1.29, 1.82) is 0 Å². The topological polar surface area (TPSA) is 15.3 Å². The van der Waals surface area contributed by atoms with Crippen LogP contribution in [0.3, 0.4) is 0 Å². The van der Waals surface area contributed by atoms with E-state index in [0.717, 1.165) is 12.6 Å². The zero-order valence-corrected chi connectivity index (χ0v) is 11.8. The van der Waals surface area contributed by atoms with Gasteiger partial charge in [0.05, 0.1) is 0 Å². The Hall–Kier alpha value is -1.02. The van der Waals surface area contributed by atoms with E-state index in [0.29, 0.717) is 0 Å². The van der Waals surface area contributed by atoms with Gasteiger partial charge in [-0.1, -0.05) is 25.5 Å². The maximum absolute atomic E-state index is 3.56. The van der Waals surface area contributed by atoms with Crippen molar-refractivity contribution in [3.05, 3.63) is 29.8 Å². The Morgan fingerprint density at radius 2 is 2.06 bits per heavy atom. The highest BCUT2D eigenvalue weighted by Gasteiger charge is 2.14. The average molecular weight is 246 g/mol. The predicted octanol–water partition coefficient (Wildman–Crippen LogP) is 3.22. The van der Waals surface area contributed by atoms with Gasteiger partial charge in [0, 0.05) is 25.3 Å².